The summed E-state index contributed by atoms with van der Waals surface area (Å²) in [6.07, 6.45) is -2.85. The summed E-state index contributed by atoms with van der Waals surface area (Å²) < 4.78 is 41.8. The minimum Gasteiger partial charge on any atom is -0.337 e. The molecule has 130 valence electrons. The van der Waals surface area contributed by atoms with Crippen LogP contribution in [0.5, 0.6) is 0 Å². The molecule has 5 nitrogen and oxygen atoms in total. The quantitative estimate of drug-likeness (QED) is 0.811. The van der Waals surface area contributed by atoms with Crippen molar-refractivity contribution in [3.63, 3.8) is 0 Å². The van der Waals surface area contributed by atoms with Crippen LogP contribution < -0.4 is 0 Å². The summed E-state index contributed by atoms with van der Waals surface area (Å²) in [5.41, 5.74) is -0.245. The van der Waals surface area contributed by atoms with Gasteiger partial charge in [0.1, 0.15) is 0 Å². The maximum Gasteiger partial charge on any atom is 0.471 e. The fourth-order valence-electron chi connectivity index (χ4n) is 2.32. The minimum atomic E-state index is -4.66. The standard InChI is InChI=1S/C15H16F3N3O2S/c1-3-21(13(22)14(2)6-7-14)8-9-4-5-10(24-9)11-19-12(23-20-11)15(16,17)18/h4-5H,3,6-8H2,1-2H3. The second-order valence-electron chi connectivity index (χ2n) is 6.07. The van der Waals surface area contributed by atoms with Crippen molar-refractivity contribution in [2.75, 3.05) is 6.54 Å². The molecule has 0 bridgehead atoms. The smallest absolute Gasteiger partial charge is 0.337 e. The zero-order chi connectivity index (χ0) is 17.5. The molecule has 0 aromatic carbocycles. The molecule has 3 rings (SSSR count). The molecule has 1 fully saturated rings. The van der Waals surface area contributed by atoms with Crippen LogP contribution in [-0.2, 0) is 17.5 Å². The van der Waals surface area contributed by atoms with Gasteiger partial charge in [-0.1, -0.05) is 12.1 Å². The second-order valence-corrected chi connectivity index (χ2v) is 7.24. The van der Waals surface area contributed by atoms with Crippen molar-refractivity contribution in [2.24, 2.45) is 5.41 Å². The van der Waals surface area contributed by atoms with Crippen molar-refractivity contribution in [1.82, 2.24) is 15.0 Å². The van der Waals surface area contributed by atoms with Gasteiger partial charge in [0.15, 0.2) is 0 Å². The molecule has 0 aliphatic heterocycles. The first-order valence-corrected chi connectivity index (χ1v) is 8.34. The molecule has 0 N–H and O–H groups in total. The van der Waals surface area contributed by atoms with Crippen LogP contribution in [0.3, 0.4) is 0 Å². The number of hydrogen-bond donors (Lipinski definition) is 0. The first-order chi connectivity index (χ1) is 11.2. The Labute approximate surface area is 140 Å². The number of carbonyl (C=O) groups excluding carboxylic acids is 1. The largest absolute Gasteiger partial charge is 0.471 e. The molecule has 2 aromatic heterocycles. The Hall–Kier alpha value is -1.90. The molecule has 1 aliphatic rings. The molecular formula is C15H16F3N3O2S. The predicted octanol–water partition coefficient (Wildman–Crippen LogP) is 3.97. The van der Waals surface area contributed by atoms with E-state index in [1.165, 1.54) is 11.3 Å². The van der Waals surface area contributed by atoms with E-state index in [2.05, 4.69) is 14.7 Å². The van der Waals surface area contributed by atoms with Crippen LogP contribution in [0.15, 0.2) is 16.7 Å². The van der Waals surface area contributed by atoms with Gasteiger partial charge in [-0.05, 0) is 31.9 Å². The fourth-order valence-corrected chi connectivity index (χ4v) is 3.27. The number of nitrogens with zero attached hydrogens (tertiary/aromatic N) is 3. The van der Waals surface area contributed by atoms with Gasteiger partial charge in [-0.25, -0.2) is 0 Å². The second kappa shape index (κ2) is 5.87. The summed E-state index contributed by atoms with van der Waals surface area (Å²) in [6, 6.07) is 3.41. The summed E-state index contributed by atoms with van der Waals surface area (Å²) >= 11 is 1.26. The summed E-state index contributed by atoms with van der Waals surface area (Å²) in [4.78, 5) is 18.9. The summed E-state index contributed by atoms with van der Waals surface area (Å²) in [5, 5.41) is 3.37. The summed E-state index contributed by atoms with van der Waals surface area (Å²) in [6.45, 7) is 4.88. The highest BCUT2D eigenvalue weighted by Gasteiger charge is 2.46. The Kier molecular flexibility index (Phi) is 4.15. The maximum atomic E-state index is 12.5. The molecule has 24 heavy (non-hydrogen) atoms. The average Bonchev–Trinajstić information content (AvgIpc) is 2.97. The molecule has 0 unspecified atom stereocenters. The molecule has 9 heteroatoms. The van der Waals surface area contributed by atoms with Crippen molar-refractivity contribution >= 4 is 17.2 Å². The number of thiophene rings is 1. The molecule has 2 heterocycles. The number of carbonyl (C=O) groups is 1. The molecule has 0 radical (unpaired) electrons. The normalized spacial score (nSPS) is 16.2. The molecule has 0 saturated heterocycles. The summed E-state index contributed by atoms with van der Waals surface area (Å²) in [5.74, 6) is -1.33. The van der Waals surface area contributed by atoms with Crippen LogP contribution in [0, 0.1) is 5.41 Å². The fraction of sp³-hybridized carbons (Fsp3) is 0.533. The first-order valence-electron chi connectivity index (χ1n) is 7.52. The van der Waals surface area contributed by atoms with E-state index in [-0.39, 0.29) is 17.1 Å². The Balaban J connectivity index is 1.73. The average molecular weight is 359 g/mol. The number of alkyl halides is 3. The SMILES string of the molecule is CCN(Cc1ccc(-c2noc(C(F)(F)F)n2)s1)C(=O)C1(C)CC1. The molecule has 1 aliphatic carbocycles. The van der Waals surface area contributed by atoms with Gasteiger partial charge in [0, 0.05) is 16.8 Å². The topological polar surface area (TPSA) is 59.2 Å². The summed E-state index contributed by atoms with van der Waals surface area (Å²) in [7, 11) is 0. The Bertz CT molecular complexity index is 749. The molecule has 2 aromatic rings. The number of amides is 1. The third kappa shape index (κ3) is 3.31. The predicted molar refractivity (Wildman–Crippen MR) is 81.0 cm³/mol. The Morgan fingerprint density at radius 2 is 2.12 bits per heavy atom. The van der Waals surface area contributed by atoms with Crippen molar-refractivity contribution in [2.45, 2.75) is 39.4 Å². The van der Waals surface area contributed by atoms with Crippen molar-refractivity contribution < 1.29 is 22.5 Å². The van der Waals surface area contributed by atoms with E-state index in [1.54, 1.807) is 17.0 Å². The number of hydrogen-bond acceptors (Lipinski definition) is 5. The van der Waals surface area contributed by atoms with Gasteiger partial charge in [0.2, 0.25) is 11.7 Å². The lowest BCUT2D eigenvalue weighted by Gasteiger charge is -2.23. The minimum absolute atomic E-state index is 0.0953. The first kappa shape index (κ1) is 16.9. The zero-order valence-corrected chi connectivity index (χ0v) is 14.0. The van der Waals surface area contributed by atoms with Crippen LogP contribution in [-0.4, -0.2) is 27.5 Å². The highest BCUT2D eigenvalue weighted by molar-refractivity contribution is 7.15. The molecule has 1 saturated carbocycles. The van der Waals surface area contributed by atoms with E-state index in [0.29, 0.717) is 18.0 Å². The van der Waals surface area contributed by atoms with E-state index in [1.807, 2.05) is 13.8 Å². The lowest BCUT2D eigenvalue weighted by molar-refractivity contribution is -0.159. The van der Waals surface area contributed by atoms with Crippen molar-refractivity contribution in [3.05, 3.63) is 22.9 Å². The third-order valence-electron chi connectivity index (χ3n) is 4.08. The van der Waals surface area contributed by atoms with E-state index in [0.717, 1.165) is 17.7 Å². The van der Waals surface area contributed by atoms with Gasteiger partial charge in [-0.3, -0.25) is 4.79 Å². The third-order valence-corrected chi connectivity index (χ3v) is 5.15. The zero-order valence-electron chi connectivity index (χ0n) is 13.2. The highest BCUT2D eigenvalue weighted by atomic mass is 32.1. The van der Waals surface area contributed by atoms with Crippen LogP contribution in [0.25, 0.3) is 10.7 Å². The van der Waals surface area contributed by atoms with Crippen LogP contribution in [0.1, 0.15) is 37.5 Å². The van der Waals surface area contributed by atoms with Crippen LogP contribution >= 0.6 is 11.3 Å². The van der Waals surface area contributed by atoms with Gasteiger partial charge >= 0.3 is 12.1 Å². The number of halogens is 3. The maximum absolute atomic E-state index is 12.5. The van der Waals surface area contributed by atoms with E-state index in [9.17, 15) is 18.0 Å². The van der Waals surface area contributed by atoms with E-state index in [4.69, 9.17) is 0 Å². The van der Waals surface area contributed by atoms with Gasteiger partial charge in [0.25, 0.3) is 0 Å². The van der Waals surface area contributed by atoms with Gasteiger partial charge in [-0.2, -0.15) is 18.2 Å². The number of aromatic nitrogens is 2. The van der Waals surface area contributed by atoms with E-state index >= 15 is 0 Å². The molecular weight excluding hydrogens is 343 g/mol. The Morgan fingerprint density at radius 1 is 1.42 bits per heavy atom. The van der Waals surface area contributed by atoms with Crippen molar-refractivity contribution in [3.8, 4) is 10.7 Å². The van der Waals surface area contributed by atoms with Gasteiger partial charge in [-0.15, -0.1) is 11.3 Å². The molecule has 0 spiro atoms. The number of rotatable bonds is 5. The molecule has 1 amide bonds. The lowest BCUT2D eigenvalue weighted by Crippen LogP contribution is -2.35. The highest BCUT2D eigenvalue weighted by Crippen LogP contribution is 2.46. The van der Waals surface area contributed by atoms with Crippen LogP contribution in [0.2, 0.25) is 0 Å². The monoisotopic (exact) mass is 359 g/mol. The molecule has 0 atom stereocenters. The van der Waals surface area contributed by atoms with Crippen molar-refractivity contribution in [1.29, 1.82) is 0 Å². The van der Waals surface area contributed by atoms with Gasteiger partial charge in [0.05, 0.1) is 11.4 Å². The van der Waals surface area contributed by atoms with Crippen LogP contribution in [0.4, 0.5) is 13.2 Å². The Morgan fingerprint density at radius 3 is 2.67 bits per heavy atom. The van der Waals surface area contributed by atoms with Gasteiger partial charge < -0.3 is 9.42 Å². The van der Waals surface area contributed by atoms with E-state index < -0.39 is 12.1 Å². The lowest BCUT2D eigenvalue weighted by atomic mass is 10.1.